The predicted molar refractivity (Wildman–Crippen MR) is 148 cm³/mol. The van der Waals surface area contributed by atoms with Crippen molar-refractivity contribution in [2.45, 2.75) is 38.7 Å². The fourth-order valence-corrected chi connectivity index (χ4v) is 3.90. The Hall–Kier alpha value is -4.44. The molecule has 1 unspecified atom stereocenters. The Morgan fingerprint density at radius 3 is 2.08 bits per heavy atom. The lowest BCUT2D eigenvalue weighted by molar-refractivity contribution is -0.386. The Labute approximate surface area is 232 Å². The Kier molecular flexibility index (Phi) is 11.5. The summed E-state index contributed by atoms with van der Waals surface area (Å²) in [6, 6.07) is 18.4. The van der Waals surface area contributed by atoms with Crippen molar-refractivity contribution in [3.05, 3.63) is 88.0 Å². The summed E-state index contributed by atoms with van der Waals surface area (Å²) in [7, 11) is 1.21. The number of hydrogen-bond donors (Lipinski definition) is 1. The van der Waals surface area contributed by atoms with E-state index in [1.54, 1.807) is 31.2 Å². The molecule has 10 nitrogen and oxygen atoms in total. The highest BCUT2D eigenvalue weighted by Gasteiger charge is 2.20. The molecule has 0 saturated carbocycles. The average molecular weight is 552 g/mol. The summed E-state index contributed by atoms with van der Waals surface area (Å²) in [4.78, 5) is 33.4. The van der Waals surface area contributed by atoms with E-state index in [-0.39, 0.29) is 29.2 Å². The van der Waals surface area contributed by atoms with Gasteiger partial charge in [0.1, 0.15) is 11.9 Å². The third-order valence-electron chi connectivity index (χ3n) is 6.03. The van der Waals surface area contributed by atoms with Crippen LogP contribution in [-0.2, 0) is 9.47 Å². The van der Waals surface area contributed by atoms with Crippen LogP contribution in [0.3, 0.4) is 0 Å². The standard InChI is InChI=1S/C30H33NO9/c1-21(40-28-16-13-25(30(34)37-2)19-27(28)31(35)36)20-38-17-5-3-4-6-18-39-26-14-11-23(12-15-26)22-7-9-24(10-8-22)29(32)33/h7-16,19,21H,3-6,17-18,20H2,1-2H3,(H,32,33). The topological polar surface area (TPSA) is 134 Å². The summed E-state index contributed by atoms with van der Waals surface area (Å²) in [6.07, 6.45) is 3.33. The lowest BCUT2D eigenvalue weighted by atomic mass is 10.0. The number of carboxylic acids is 1. The van der Waals surface area contributed by atoms with Crippen LogP contribution < -0.4 is 9.47 Å². The van der Waals surface area contributed by atoms with Crippen LogP contribution in [0.2, 0.25) is 0 Å². The molecule has 3 aromatic carbocycles. The minimum absolute atomic E-state index is 0.0674. The molecule has 3 rings (SSSR count). The van der Waals surface area contributed by atoms with Crippen LogP contribution in [0.5, 0.6) is 11.5 Å². The largest absolute Gasteiger partial charge is 0.494 e. The van der Waals surface area contributed by atoms with Crippen LogP contribution in [0.15, 0.2) is 66.7 Å². The van der Waals surface area contributed by atoms with E-state index < -0.39 is 23.0 Å². The Morgan fingerprint density at radius 1 is 0.875 bits per heavy atom. The molecule has 0 amide bonds. The van der Waals surface area contributed by atoms with Gasteiger partial charge in [-0.05, 0) is 73.7 Å². The summed E-state index contributed by atoms with van der Waals surface area (Å²) in [5.41, 5.74) is 1.96. The van der Waals surface area contributed by atoms with Crippen molar-refractivity contribution < 1.29 is 38.6 Å². The molecular formula is C30H33NO9. The number of nitro groups is 1. The average Bonchev–Trinajstić information content (AvgIpc) is 2.96. The van der Waals surface area contributed by atoms with Crippen LogP contribution in [0.25, 0.3) is 11.1 Å². The molecule has 10 heteroatoms. The van der Waals surface area contributed by atoms with Gasteiger partial charge in [0.15, 0.2) is 5.75 Å². The summed E-state index contributed by atoms with van der Waals surface area (Å²) >= 11 is 0. The number of hydrogen-bond acceptors (Lipinski definition) is 8. The van der Waals surface area contributed by atoms with Gasteiger partial charge in [-0.15, -0.1) is 0 Å². The first-order valence-electron chi connectivity index (χ1n) is 13.0. The summed E-state index contributed by atoms with van der Waals surface area (Å²) in [5.74, 6) is -0.754. The summed E-state index contributed by atoms with van der Waals surface area (Å²) in [5, 5.41) is 20.4. The van der Waals surface area contributed by atoms with Gasteiger partial charge in [-0.25, -0.2) is 9.59 Å². The third kappa shape index (κ3) is 9.09. The number of unbranched alkanes of at least 4 members (excludes halogenated alkanes) is 3. The normalized spacial score (nSPS) is 11.4. The van der Waals surface area contributed by atoms with E-state index in [0.29, 0.717) is 13.2 Å². The van der Waals surface area contributed by atoms with Gasteiger partial charge in [0.05, 0.1) is 36.4 Å². The number of benzene rings is 3. The second-order valence-corrected chi connectivity index (χ2v) is 9.10. The van der Waals surface area contributed by atoms with Gasteiger partial charge >= 0.3 is 17.6 Å². The molecular weight excluding hydrogens is 518 g/mol. The number of rotatable bonds is 16. The number of esters is 1. The van der Waals surface area contributed by atoms with Crippen molar-refractivity contribution in [2.75, 3.05) is 26.9 Å². The number of aromatic carboxylic acids is 1. The molecule has 0 aromatic heterocycles. The van der Waals surface area contributed by atoms with E-state index in [1.807, 2.05) is 24.3 Å². The monoisotopic (exact) mass is 551 g/mol. The number of carbonyl (C=O) groups excluding carboxylic acids is 1. The van der Waals surface area contributed by atoms with Crippen LogP contribution in [0.4, 0.5) is 5.69 Å². The first kappa shape index (κ1) is 30.1. The van der Waals surface area contributed by atoms with Gasteiger partial charge in [0, 0.05) is 12.7 Å². The Morgan fingerprint density at radius 2 is 1.48 bits per heavy atom. The first-order chi connectivity index (χ1) is 19.3. The molecule has 0 aliphatic rings. The Bertz CT molecular complexity index is 1270. The molecule has 212 valence electrons. The van der Waals surface area contributed by atoms with Crippen molar-refractivity contribution in [3.8, 4) is 22.6 Å². The summed E-state index contributed by atoms with van der Waals surface area (Å²) in [6.45, 7) is 3.19. The number of nitrogens with zero attached hydrogens (tertiary/aromatic N) is 1. The van der Waals surface area contributed by atoms with Gasteiger partial charge in [0.2, 0.25) is 0 Å². The molecule has 0 bridgehead atoms. The van der Waals surface area contributed by atoms with Crippen LogP contribution >= 0.6 is 0 Å². The molecule has 0 aliphatic carbocycles. The molecule has 1 atom stereocenters. The lowest BCUT2D eigenvalue weighted by Crippen LogP contribution is -2.20. The molecule has 3 aromatic rings. The quantitative estimate of drug-likeness (QED) is 0.0959. The number of carbonyl (C=O) groups is 2. The van der Waals surface area contributed by atoms with E-state index in [0.717, 1.165) is 48.6 Å². The van der Waals surface area contributed by atoms with Crippen molar-refractivity contribution in [2.24, 2.45) is 0 Å². The van der Waals surface area contributed by atoms with Crippen molar-refractivity contribution in [1.29, 1.82) is 0 Å². The SMILES string of the molecule is COC(=O)c1ccc(OC(C)COCCCCCCOc2ccc(-c3ccc(C(=O)O)cc3)cc2)c([N+](=O)[O-])c1. The van der Waals surface area contributed by atoms with Crippen LogP contribution in [0, 0.1) is 10.1 Å². The maximum Gasteiger partial charge on any atom is 0.338 e. The number of ether oxygens (including phenoxy) is 4. The van der Waals surface area contributed by atoms with Crippen molar-refractivity contribution in [3.63, 3.8) is 0 Å². The zero-order chi connectivity index (χ0) is 28.9. The van der Waals surface area contributed by atoms with Gasteiger partial charge in [-0.3, -0.25) is 10.1 Å². The fraction of sp³-hybridized carbons (Fsp3) is 0.333. The zero-order valence-corrected chi connectivity index (χ0v) is 22.5. The third-order valence-corrected chi connectivity index (χ3v) is 6.03. The van der Waals surface area contributed by atoms with Gasteiger partial charge in [-0.1, -0.05) is 30.7 Å². The van der Waals surface area contributed by atoms with E-state index in [1.165, 1.54) is 19.2 Å². The minimum atomic E-state index is -0.945. The lowest BCUT2D eigenvalue weighted by Gasteiger charge is -2.15. The first-order valence-corrected chi connectivity index (χ1v) is 13.0. The number of nitro benzene ring substituents is 1. The molecule has 0 spiro atoms. The number of methoxy groups -OCH3 is 1. The molecule has 0 heterocycles. The highest BCUT2D eigenvalue weighted by molar-refractivity contribution is 5.90. The van der Waals surface area contributed by atoms with E-state index in [4.69, 9.17) is 19.3 Å². The summed E-state index contributed by atoms with van der Waals surface area (Å²) < 4.78 is 21.7. The minimum Gasteiger partial charge on any atom is -0.494 e. The van der Waals surface area contributed by atoms with E-state index in [2.05, 4.69) is 4.74 Å². The fourth-order valence-electron chi connectivity index (χ4n) is 3.90. The smallest absolute Gasteiger partial charge is 0.338 e. The highest BCUT2D eigenvalue weighted by atomic mass is 16.6. The van der Waals surface area contributed by atoms with Crippen molar-refractivity contribution in [1.82, 2.24) is 0 Å². The second-order valence-electron chi connectivity index (χ2n) is 9.10. The van der Waals surface area contributed by atoms with Crippen LogP contribution in [-0.4, -0.2) is 55.0 Å². The number of carboxylic acid groups (broad SMARTS) is 1. The van der Waals surface area contributed by atoms with Gasteiger partial charge < -0.3 is 24.1 Å². The predicted octanol–water partition coefficient (Wildman–Crippen LogP) is 6.17. The maximum atomic E-state index is 11.6. The molecule has 0 aliphatic heterocycles. The maximum absolute atomic E-state index is 11.6. The Balaban J connectivity index is 1.28. The zero-order valence-electron chi connectivity index (χ0n) is 22.5. The molecule has 1 N–H and O–H groups in total. The van der Waals surface area contributed by atoms with Gasteiger partial charge in [0.25, 0.3) is 0 Å². The highest BCUT2D eigenvalue weighted by Crippen LogP contribution is 2.29. The van der Waals surface area contributed by atoms with E-state index >= 15 is 0 Å². The molecule has 0 fully saturated rings. The van der Waals surface area contributed by atoms with Crippen molar-refractivity contribution >= 4 is 17.6 Å². The van der Waals surface area contributed by atoms with Gasteiger partial charge in [-0.2, -0.15) is 0 Å². The van der Waals surface area contributed by atoms with E-state index in [9.17, 15) is 19.7 Å². The molecule has 0 saturated heterocycles. The second kappa shape index (κ2) is 15.2. The molecule has 40 heavy (non-hydrogen) atoms. The van der Waals surface area contributed by atoms with Crippen LogP contribution in [0.1, 0.15) is 53.3 Å². The molecule has 0 radical (unpaired) electrons.